The van der Waals surface area contributed by atoms with Gasteiger partial charge in [-0.15, -0.1) is 0 Å². The van der Waals surface area contributed by atoms with E-state index in [1.165, 1.54) is 6.07 Å². The maximum Gasteiger partial charge on any atom is 0.417 e. The van der Waals surface area contributed by atoms with Crippen molar-refractivity contribution in [1.82, 2.24) is 0 Å². The third-order valence-corrected chi connectivity index (χ3v) is 6.21. The lowest BCUT2D eigenvalue weighted by atomic mass is 10.1. The van der Waals surface area contributed by atoms with Crippen LogP contribution in [0.2, 0.25) is 5.02 Å². The molecule has 0 bridgehead atoms. The van der Waals surface area contributed by atoms with Crippen LogP contribution in [0.25, 0.3) is 0 Å². The van der Waals surface area contributed by atoms with Crippen LogP contribution in [0.5, 0.6) is 11.5 Å². The van der Waals surface area contributed by atoms with E-state index in [0.717, 1.165) is 28.7 Å². The fourth-order valence-electron chi connectivity index (χ4n) is 3.13. The average molecular weight is 515 g/mol. The van der Waals surface area contributed by atoms with Crippen molar-refractivity contribution in [2.45, 2.75) is 19.3 Å². The summed E-state index contributed by atoms with van der Waals surface area (Å²) in [6.07, 6.45) is -4.50. The molecule has 3 rings (SSSR count). The summed E-state index contributed by atoms with van der Waals surface area (Å²) in [4.78, 5) is 1.93. The van der Waals surface area contributed by atoms with E-state index in [1.54, 1.807) is 14.2 Å². The Kier molecular flexibility index (Phi) is 7.38. The van der Waals surface area contributed by atoms with E-state index in [-0.39, 0.29) is 9.50 Å². The summed E-state index contributed by atoms with van der Waals surface area (Å²) in [6.45, 7) is 0.876. The minimum atomic E-state index is -4.50. The minimum Gasteiger partial charge on any atom is -0.497 e. The molecule has 0 saturated heterocycles. The van der Waals surface area contributed by atoms with E-state index in [2.05, 4.69) is 15.9 Å². The molecule has 164 valence electrons. The number of methoxy groups -OCH3 is 2. The van der Waals surface area contributed by atoms with E-state index >= 15 is 0 Å². The van der Waals surface area contributed by atoms with Crippen molar-refractivity contribution >= 4 is 33.2 Å². The topological polar surface area (TPSA) is 21.7 Å². The Balaban J connectivity index is 1.98. The van der Waals surface area contributed by atoms with Crippen LogP contribution < -0.4 is 14.4 Å². The van der Waals surface area contributed by atoms with Crippen LogP contribution in [0.4, 0.5) is 18.9 Å². The van der Waals surface area contributed by atoms with Crippen LogP contribution in [0.3, 0.4) is 0 Å². The molecule has 0 spiro atoms. The van der Waals surface area contributed by atoms with Crippen molar-refractivity contribution in [3.8, 4) is 11.5 Å². The predicted molar refractivity (Wildman–Crippen MR) is 120 cm³/mol. The van der Waals surface area contributed by atoms with Gasteiger partial charge in [-0.25, -0.2) is 0 Å². The van der Waals surface area contributed by atoms with Crippen molar-refractivity contribution in [3.05, 3.63) is 86.8 Å². The quantitative estimate of drug-likeness (QED) is 0.329. The van der Waals surface area contributed by atoms with Crippen molar-refractivity contribution in [3.63, 3.8) is 0 Å². The summed E-state index contributed by atoms with van der Waals surface area (Å²) >= 11 is 9.43. The lowest BCUT2D eigenvalue weighted by Crippen LogP contribution is -2.23. The van der Waals surface area contributed by atoms with Gasteiger partial charge in [0, 0.05) is 13.1 Å². The third-order valence-electron chi connectivity index (χ3n) is 4.77. The summed E-state index contributed by atoms with van der Waals surface area (Å²) in [5.41, 5.74) is 1.60. The van der Waals surface area contributed by atoms with Gasteiger partial charge in [0.15, 0.2) is 0 Å². The second-order valence-corrected chi connectivity index (χ2v) is 7.98. The zero-order valence-electron chi connectivity index (χ0n) is 16.8. The number of halogens is 5. The highest BCUT2D eigenvalue weighted by atomic mass is 79.9. The van der Waals surface area contributed by atoms with Gasteiger partial charge in [-0.2, -0.15) is 13.2 Å². The number of ether oxygens (including phenoxy) is 2. The van der Waals surface area contributed by atoms with Gasteiger partial charge < -0.3 is 14.4 Å². The van der Waals surface area contributed by atoms with Gasteiger partial charge in [0.2, 0.25) is 0 Å². The van der Waals surface area contributed by atoms with E-state index in [0.29, 0.717) is 18.8 Å². The Morgan fingerprint density at radius 2 is 1.26 bits per heavy atom. The van der Waals surface area contributed by atoms with Crippen LogP contribution >= 0.6 is 27.5 Å². The Morgan fingerprint density at radius 1 is 0.806 bits per heavy atom. The first kappa shape index (κ1) is 23.3. The zero-order valence-corrected chi connectivity index (χ0v) is 19.2. The van der Waals surface area contributed by atoms with Crippen LogP contribution in [-0.4, -0.2) is 14.2 Å². The van der Waals surface area contributed by atoms with Crippen LogP contribution in [0, 0.1) is 0 Å². The molecular formula is C23H20BrClF3NO2. The molecule has 0 unspecified atom stereocenters. The Bertz CT molecular complexity index is 975. The Hall–Kier alpha value is -2.38. The molecule has 0 aliphatic rings. The molecule has 3 aromatic rings. The second-order valence-electron chi connectivity index (χ2n) is 6.81. The lowest BCUT2D eigenvalue weighted by Gasteiger charge is -2.27. The Labute approximate surface area is 192 Å². The number of benzene rings is 3. The SMILES string of the molecule is COc1ccc(CN(Cc2ccc(OC)cc2)c2ccc(C(F)(F)F)c(Br)c2Cl)cc1. The molecular weight excluding hydrogens is 495 g/mol. The normalized spacial score (nSPS) is 11.3. The molecule has 0 amide bonds. The zero-order chi connectivity index (χ0) is 22.6. The third kappa shape index (κ3) is 5.66. The first-order valence-corrected chi connectivity index (χ1v) is 10.5. The van der Waals surface area contributed by atoms with Gasteiger partial charge in [0.1, 0.15) is 11.5 Å². The smallest absolute Gasteiger partial charge is 0.417 e. The molecule has 3 nitrogen and oxygen atoms in total. The predicted octanol–water partition coefficient (Wildman–Crippen LogP) is 7.35. The highest BCUT2D eigenvalue weighted by Gasteiger charge is 2.34. The van der Waals surface area contributed by atoms with Crippen LogP contribution in [0.1, 0.15) is 16.7 Å². The lowest BCUT2D eigenvalue weighted by molar-refractivity contribution is -0.138. The fraction of sp³-hybridized carbons (Fsp3) is 0.217. The molecule has 0 radical (unpaired) electrons. The van der Waals surface area contributed by atoms with Crippen molar-refractivity contribution in [2.24, 2.45) is 0 Å². The largest absolute Gasteiger partial charge is 0.497 e. The van der Waals surface area contributed by atoms with E-state index in [9.17, 15) is 13.2 Å². The monoisotopic (exact) mass is 513 g/mol. The van der Waals surface area contributed by atoms with Crippen LogP contribution in [0.15, 0.2) is 65.1 Å². The van der Waals surface area contributed by atoms with Gasteiger partial charge in [-0.1, -0.05) is 35.9 Å². The molecule has 0 N–H and O–H groups in total. The molecule has 0 saturated carbocycles. The van der Waals surface area contributed by atoms with Gasteiger partial charge >= 0.3 is 6.18 Å². The summed E-state index contributed by atoms with van der Waals surface area (Å²) in [5, 5.41) is 0.0110. The molecule has 0 fully saturated rings. The second kappa shape index (κ2) is 9.83. The number of rotatable bonds is 7. The molecule has 8 heteroatoms. The van der Waals surface area contributed by atoms with Crippen molar-refractivity contribution in [1.29, 1.82) is 0 Å². The maximum atomic E-state index is 13.3. The van der Waals surface area contributed by atoms with Gasteiger partial charge in [-0.3, -0.25) is 0 Å². The first-order chi connectivity index (χ1) is 14.7. The molecule has 0 atom stereocenters. The number of nitrogens with zero attached hydrogens (tertiary/aromatic N) is 1. The molecule has 0 aromatic heterocycles. The highest BCUT2D eigenvalue weighted by Crippen LogP contribution is 2.43. The summed E-state index contributed by atoms with van der Waals surface area (Å²) < 4.78 is 50.0. The first-order valence-electron chi connectivity index (χ1n) is 9.29. The van der Waals surface area contributed by atoms with Crippen LogP contribution in [-0.2, 0) is 19.3 Å². The average Bonchev–Trinajstić information content (AvgIpc) is 2.75. The summed E-state index contributed by atoms with van der Waals surface area (Å²) in [6, 6.07) is 17.4. The molecule has 0 aliphatic carbocycles. The number of hydrogen-bond acceptors (Lipinski definition) is 3. The Morgan fingerprint density at radius 3 is 1.65 bits per heavy atom. The van der Waals surface area contributed by atoms with Gasteiger partial charge in [0.25, 0.3) is 0 Å². The number of alkyl halides is 3. The standard InChI is InChI=1S/C23H20BrClF3NO2/c1-30-17-7-3-15(4-8-17)13-29(14-16-5-9-18(31-2)10-6-16)20-12-11-19(23(26,27)28)21(24)22(20)25/h3-12H,13-14H2,1-2H3. The van der Waals surface area contributed by atoms with Gasteiger partial charge in [0.05, 0.1) is 35.0 Å². The van der Waals surface area contributed by atoms with E-state index in [1.807, 2.05) is 53.4 Å². The van der Waals surface area contributed by atoms with E-state index in [4.69, 9.17) is 21.1 Å². The molecule has 0 heterocycles. The number of hydrogen-bond donors (Lipinski definition) is 0. The molecule has 31 heavy (non-hydrogen) atoms. The summed E-state index contributed by atoms with van der Waals surface area (Å²) in [5.74, 6) is 1.45. The molecule has 0 aliphatic heterocycles. The highest BCUT2D eigenvalue weighted by molar-refractivity contribution is 9.10. The van der Waals surface area contributed by atoms with Gasteiger partial charge in [-0.05, 0) is 63.5 Å². The van der Waals surface area contributed by atoms with E-state index < -0.39 is 11.7 Å². The molecule has 3 aromatic carbocycles. The number of anilines is 1. The fourth-order valence-corrected chi connectivity index (χ4v) is 3.98. The van der Waals surface area contributed by atoms with Crippen molar-refractivity contribution in [2.75, 3.05) is 19.1 Å². The minimum absolute atomic E-state index is 0.0110. The van der Waals surface area contributed by atoms with Crippen molar-refractivity contribution < 1.29 is 22.6 Å². The maximum absolute atomic E-state index is 13.3. The summed E-state index contributed by atoms with van der Waals surface area (Å²) in [7, 11) is 3.18.